The maximum absolute atomic E-state index is 12.9. The molecule has 1 aliphatic carbocycles. The number of H-pyrrole nitrogens is 1. The molecule has 2 aromatic rings. The SMILES string of the molecule is CNC(=O)N1CCC[C@@H](N(C(=O)NCc2cc3cccnc3[nH]2)C2CC2)C1. The van der Waals surface area contributed by atoms with Crippen LogP contribution in [0.4, 0.5) is 9.59 Å². The van der Waals surface area contributed by atoms with Crippen LogP contribution in [0.1, 0.15) is 31.4 Å². The van der Waals surface area contributed by atoms with Crippen molar-refractivity contribution in [3.63, 3.8) is 0 Å². The first kappa shape index (κ1) is 17.6. The molecule has 2 aromatic heterocycles. The van der Waals surface area contributed by atoms with Crippen LogP contribution < -0.4 is 10.6 Å². The highest BCUT2D eigenvalue weighted by atomic mass is 16.2. The topological polar surface area (TPSA) is 93.4 Å². The van der Waals surface area contributed by atoms with Crippen molar-refractivity contribution in [2.24, 2.45) is 0 Å². The first-order valence-corrected chi connectivity index (χ1v) is 9.61. The molecule has 4 rings (SSSR count). The van der Waals surface area contributed by atoms with Crippen molar-refractivity contribution < 1.29 is 9.59 Å². The van der Waals surface area contributed by atoms with Crippen LogP contribution in [-0.2, 0) is 6.54 Å². The Morgan fingerprint density at radius 3 is 2.93 bits per heavy atom. The van der Waals surface area contributed by atoms with E-state index in [1.165, 1.54) is 0 Å². The normalized spacial score (nSPS) is 19.7. The minimum atomic E-state index is -0.0681. The van der Waals surface area contributed by atoms with E-state index in [0.717, 1.165) is 49.0 Å². The van der Waals surface area contributed by atoms with Crippen molar-refractivity contribution in [1.82, 2.24) is 30.4 Å². The standard InChI is InChI=1S/C19H26N6O2/c1-20-18(26)24-9-3-5-16(12-24)25(15-6-7-15)19(27)22-11-14-10-13-4-2-8-21-17(13)23-14/h2,4,8,10,15-16H,3,5-7,9,11-12H2,1H3,(H,20,26)(H,21,23)(H,22,27)/t16-/m1/s1. The molecule has 1 aliphatic heterocycles. The number of fused-ring (bicyclic) bond motifs is 1. The second-order valence-corrected chi connectivity index (χ2v) is 7.33. The molecule has 27 heavy (non-hydrogen) atoms. The van der Waals surface area contributed by atoms with Crippen LogP contribution in [0.5, 0.6) is 0 Å². The Hall–Kier alpha value is -2.77. The molecule has 2 fully saturated rings. The molecular formula is C19H26N6O2. The highest BCUT2D eigenvalue weighted by Gasteiger charge is 2.39. The molecule has 4 amide bonds. The van der Waals surface area contributed by atoms with E-state index < -0.39 is 0 Å². The maximum Gasteiger partial charge on any atom is 0.318 e. The van der Waals surface area contributed by atoms with Crippen LogP contribution in [0, 0.1) is 0 Å². The smallest absolute Gasteiger partial charge is 0.318 e. The Morgan fingerprint density at radius 2 is 2.19 bits per heavy atom. The van der Waals surface area contributed by atoms with Crippen LogP contribution in [0.2, 0.25) is 0 Å². The minimum absolute atomic E-state index is 0.0483. The summed E-state index contributed by atoms with van der Waals surface area (Å²) in [7, 11) is 1.65. The van der Waals surface area contributed by atoms with Gasteiger partial charge in [0, 0.05) is 43.5 Å². The van der Waals surface area contributed by atoms with Crippen LogP contribution >= 0.6 is 0 Å². The summed E-state index contributed by atoms with van der Waals surface area (Å²) in [4.78, 5) is 36.2. The van der Waals surface area contributed by atoms with Gasteiger partial charge in [-0.1, -0.05) is 0 Å². The number of carbonyl (C=O) groups excluding carboxylic acids is 2. The average molecular weight is 370 g/mol. The van der Waals surface area contributed by atoms with Crippen molar-refractivity contribution in [3.8, 4) is 0 Å². The number of pyridine rings is 1. The van der Waals surface area contributed by atoms with Gasteiger partial charge in [0.2, 0.25) is 0 Å². The van der Waals surface area contributed by atoms with Gasteiger partial charge < -0.3 is 25.4 Å². The Labute approximate surface area is 158 Å². The predicted octanol–water partition coefficient (Wildman–Crippen LogP) is 2.04. The molecule has 0 aromatic carbocycles. The molecule has 3 heterocycles. The lowest BCUT2D eigenvalue weighted by molar-refractivity contribution is 0.116. The summed E-state index contributed by atoms with van der Waals surface area (Å²) in [5, 5.41) is 6.77. The Bertz CT molecular complexity index is 797. The number of rotatable bonds is 4. The fraction of sp³-hybridized carbons (Fsp3) is 0.526. The minimum Gasteiger partial charge on any atom is -0.342 e. The zero-order valence-corrected chi connectivity index (χ0v) is 15.6. The average Bonchev–Trinajstić information content (AvgIpc) is 3.43. The molecule has 0 spiro atoms. The number of amides is 4. The quantitative estimate of drug-likeness (QED) is 0.769. The third-order valence-corrected chi connectivity index (χ3v) is 5.34. The Kier molecular flexibility index (Phi) is 4.87. The second-order valence-electron chi connectivity index (χ2n) is 7.33. The van der Waals surface area contributed by atoms with Gasteiger partial charge in [-0.3, -0.25) is 0 Å². The Morgan fingerprint density at radius 1 is 1.33 bits per heavy atom. The van der Waals surface area contributed by atoms with Gasteiger partial charge in [0.25, 0.3) is 0 Å². The lowest BCUT2D eigenvalue weighted by Gasteiger charge is -2.39. The van der Waals surface area contributed by atoms with Gasteiger partial charge in [-0.25, -0.2) is 14.6 Å². The number of hydrogen-bond acceptors (Lipinski definition) is 3. The van der Waals surface area contributed by atoms with E-state index in [4.69, 9.17) is 0 Å². The molecular weight excluding hydrogens is 344 g/mol. The molecule has 0 radical (unpaired) electrons. The number of aromatic nitrogens is 2. The molecule has 144 valence electrons. The van der Waals surface area contributed by atoms with E-state index in [9.17, 15) is 9.59 Å². The second kappa shape index (κ2) is 7.46. The zero-order chi connectivity index (χ0) is 18.8. The van der Waals surface area contributed by atoms with Crippen LogP contribution in [0.15, 0.2) is 24.4 Å². The summed E-state index contributed by atoms with van der Waals surface area (Å²) in [6.45, 7) is 1.78. The number of aromatic amines is 1. The monoisotopic (exact) mass is 370 g/mol. The molecule has 1 saturated heterocycles. The van der Waals surface area contributed by atoms with Crippen molar-refractivity contribution in [2.75, 3.05) is 20.1 Å². The zero-order valence-electron chi connectivity index (χ0n) is 15.6. The predicted molar refractivity (Wildman–Crippen MR) is 102 cm³/mol. The van der Waals surface area contributed by atoms with Crippen LogP contribution in [0.25, 0.3) is 11.0 Å². The van der Waals surface area contributed by atoms with Crippen molar-refractivity contribution in [2.45, 2.75) is 44.3 Å². The van der Waals surface area contributed by atoms with Gasteiger partial charge in [0.15, 0.2) is 0 Å². The number of likely N-dealkylation sites (tertiary alicyclic amines) is 1. The largest absolute Gasteiger partial charge is 0.342 e. The lowest BCUT2D eigenvalue weighted by Crippen LogP contribution is -2.56. The van der Waals surface area contributed by atoms with Crippen molar-refractivity contribution >= 4 is 23.1 Å². The highest BCUT2D eigenvalue weighted by Crippen LogP contribution is 2.31. The molecule has 8 heteroatoms. The molecule has 3 N–H and O–H groups in total. The number of nitrogens with one attached hydrogen (secondary N) is 3. The summed E-state index contributed by atoms with van der Waals surface area (Å²) in [5.41, 5.74) is 1.76. The third-order valence-electron chi connectivity index (χ3n) is 5.34. The number of carbonyl (C=O) groups is 2. The van der Waals surface area contributed by atoms with E-state index in [-0.39, 0.29) is 18.1 Å². The van der Waals surface area contributed by atoms with Crippen LogP contribution in [0.3, 0.4) is 0 Å². The van der Waals surface area contributed by atoms with Crippen molar-refractivity contribution in [3.05, 3.63) is 30.1 Å². The fourth-order valence-electron chi connectivity index (χ4n) is 3.88. The third kappa shape index (κ3) is 3.84. The summed E-state index contributed by atoms with van der Waals surface area (Å²) in [6.07, 6.45) is 5.69. The summed E-state index contributed by atoms with van der Waals surface area (Å²) in [6, 6.07) is 6.16. The van der Waals surface area contributed by atoms with Gasteiger partial charge in [-0.15, -0.1) is 0 Å². The van der Waals surface area contributed by atoms with Crippen LogP contribution in [-0.4, -0.2) is 64.1 Å². The maximum atomic E-state index is 12.9. The number of piperidine rings is 1. The molecule has 8 nitrogen and oxygen atoms in total. The molecule has 1 atom stereocenters. The lowest BCUT2D eigenvalue weighted by atomic mass is 10.0. The van der Waals surface area contributed by atoms with Gasteiger partial charge in [0.05, 0.1) is 12.6 Å². The van der Waals surface area contributed by atoms with E-state index in [0.29, 0.717) is 19.1 Å². The van der Waals surface area contributed by atoms with E-state index in [1.54, 1.807) is 18.1 Å². The first-order valence-electron chi connectivity index (χ1n) is 9.61. The number of hydrogen-bond donors (Lipinski definition) is 3. The summed E-state index contributed by atoms with van der Waals surface area (Å²) < 4.78 is 0. The van der Waals surface area contributed by atoms with Gasteiger partial charge >= 0.3 is 12.1 Å². The highest BCUT2D eigenvalue weighted by molar-refractivity contribution is 5.78. The number of urea groups is 2. The molecule has 0 bridgehead atoms. The van der Waals surface area contributed by atoms with E-state index in [2.05, 4.69) is 20.6 Å². The van der Waals surface area contributed by atoms with Gasteiger partial charge in [0.1, 0.15) is 5.65 Å². The van der Waals surface area contributed by atoms with E-state index in [1.807, 2.05) is 23.1 Å². The number of nitrogens with zero attached hydrogens (tertiary/aromatic N) is 3. The molecule has 1 saturated carbocycles. The van der Waals surface area contributed by atoms with Crippen molar-refractivity contribution in [1.29, 1.82) is 0 Å². The first-order chi connectivity index (χ1) is 13.2. The fourth-order valence-corrected chi connectivity index (χ4v) is 3.88. The molecule has 2 aliphatic rings. The van der Waals surface area contributed by atoms with Gasteiger partial charge in [-0.05, 0) is 43.9 Å². The van der Waals surface area contributed by atoms with E-state index >= 15 is 0 Å². The van der Waals surface area contributed by atoms with Gasteiger partial charge in [-0.2, -0.15) is 0 Å². The Balaban J connectivity index is 1.41. The molecule has 0 unspecified atom stereocenters. The summed E-state index contributed by atoms with van der Waals surface area (Å²) >= 11 is 0. The summed E-state index contributed by atoms with van der Waals surface area (Å²) in [5.74, 6) is 0.